The van der Waals surface area contributed by atoms with Crippen LogP contribution in [0, 0.1) is 5.82 Å². The van der Waals surface area contributed by atoms with Gasteiger partial charge in [0.2, 0.25) is 5.90 Å². The molecule has 0 saturated carbocycles. The summed E-state index contributed by atoms with van der Waals surface area (Å²) in [7, 11) is 0. The molecule has 32 heavy (non-hydrogen) atoms. The topological polar surface area (TPSA) is 47.9 Å². The van der Waals surface area contributed by atoms with Crippen LogP contribution in [0.15, 0.2) is 102 Å². The highest BCUT2D eigenvalue weighted by Gasteiger charge is 2.24. The molecule has 5 rings (SSSR count). The monoisotopic (exact) mass is 423 g/mol. The fourth-order valence-corrected chi connectivity index (χ4v) is 3.56. The Kier molecular flexibility index (Phi) is 5.22. The minimum Gasteiger partial charge on any atom is -0.489 e. The van der Waals surface area contributed by atoms with E-state index in [0.717, 1.165) is 16.5 Å². The van der Waals surface area contributed by atoms with Gasteiger partial charge in [-0.05, 0) is 64.4 Å². The number of carbonyl (C=O) groups excluding carboxylic acids is 1. The third kappa shape index (κ3) is 4.14. The van der Waals surface area contributed by atoms with Crippen LogP contribution in [0.5, 0.6) is 5.75 Å². The van der Waals surface area contributed by atoms with Gasteiger partial charge in [0.05, 0.1) is 0 Å². The number of aliphatic imine (C=N–C) groups is 1. The molecule has 0 bridgehead atoms. The minimum absolute atomic E-state index is 0.157. The Morgan fingerprint density at radius 2 is 1.69 bits per heavy atom. The largest absolute Gasteiger partial charge is 0.489 e. The average Bonchev–Trinajstić information content (AvgIpc) is 3.18. The summed E-state index contributed by atoms with van der Waals surface area (Å²) in [6, 6.07) is 27.4. The van der Waals surface area contributed by atoms with Crippen molar-refractivity contribution in [2.45, 2.75) is 6.61 Å². The van der Waals surface area contributed by atoms with Crippen molar-refractivity contribution in [1.82, 2.24) is 0 Å². The normalized spacial score (nSPS) is 14.5. The molecular weight excluding hydrogens is 405 g/mol. The fraction of sp³-hybridized carbons (Fsp3) is 0.0370. The summed E-state index contributed by atoms with van der Waals surface area (Å²) in [5.74, 6) is -0.0767. The highest BCUT2D eigenvalue weighted by atomic mass is 19.1. The number of halogens is 1. The number of nitrogens with zero attached hydrogens (tertiary/aromatic N) is 1. The summed E-state index contributed by atoms with van der Waals surface area (Å²) in [5.41, 5.74) is 2.57. The van der Waals surface area contributed by atoms with E-state index in [0.29, 0.717) is 17.9 Å². The number of rotatable bonds is 5. The minimum atomic E-state index is -0.550. The molecule has 4 nitrogen and oxygen atoms in total. The molecule has 156 valence electrons. The van der Waals surface area contributed by atoms with Crippen molar-refractivity contribution in [3.05, 3.63) is 119 Å². The summed E-state index contributed by atoms with van der Waals surface area (Å²) >= 11 is 0. The smallest absolute Gasteiger partial charge is 0.363 e. The van der Waals surface area contributed by atoms with Gasteiger partial charge in [0, 0.05) is 5.56 Å². The van der Waals surface area contributed by atoms with Crippen LogP contribution in [-0.2, 0) is 16.1 Å². The molecule has 0 fully saturated rings. The molecule has 4 aromatic rings. The Balaban J connectivity index is 1.35. The van der Waals surface area contributed by atoms with Crippen molar-refractivity contribution >= 4 is 28.7 Å². The van der Waals surface area contributed by atoms with E-state index in [9.17, 15) is 9.18 Å². The van der Waals surface area contributed by atoms with Crippen LogP contribution in [0.4, 0.5) is 4.39 Å². The quantitative estimate of drug-likeness (QED) is 0.296. The van der Waals surface area contributed by atoms with Gasteiger partial charge in [0.15, 0.2) is 5.70 Å². The molecule has 0 aromatic heterocycles. The van der Waals surface area contributed by atoms with E-state index in [1.807, 2.05) is 48.5 Å². The molecule has 0 atom stereocenters. The fourth-order valence-electron chi connectivity index (χ4n) is 3.56. The number of hydrogen-bond donors (Lipinski definition) is 0. The van der Waals surface area contributed by atoms with Gasteiger partial charge in [-0.2, -0.15) is 0 Å². The van der Waals surface area contributed by atoms with Gasteiger partial charge < -0.3 is 9.47 Å². The Morgan fingerprint density at radius 3 is 2.56 bits per heavy atom. The van der Waals surface area contributed by atoms with Gasteiger partial charge in [0.1, 0.15) is 18.2 Å². The van der Waals surface area contributed by atoms with E-state index in [1.165, 1.54) is 29.7 Å². The van der Waals surface area contributed by atoms with Crippen molar-refractivity contribution in [1.29, 1.82) is 0 Å². The zero-order valence-corrected chi connectivity index (χ0v) is 17.0. The van der Waals surface area contributed by atoms with Crippen LogP contribution >= 0.6 is 0 Å². The van der Waals surface area contributed by atoms with Crippen LogP contribution in [-0.4, -0.2) is 11.9 Å². The highest BCUT2D eigenvalue weighted by Crippen LogP contribution is 2.24. The first-order valence-corrected chi connectivity index (χ1v) is 10.1. The number of cyclic esters (lactones) is 1. The maximum absolute atomic E-state index is 13.1. The van der Waals surface area contributed by atoms with E-state index in [-0.39, 0.29) is 17.4 Å². The Labute approximate surface area is 184 Å². The lowest BCUT2D eigenvalue weighted by molar-refractivity contribution is -0.129. The molecule has 0 aliphatic carbocycles. The molecule has 0 saturated heterocycles. The first-order valence-electron chi connectivity index (χ1n) is 10.1. The zero-order chi connectivity index (χ0) is 21.9. The lowest BCUT2D eigenvalue weighted by atomic mass is 10.1. The Bertz CT molecular complexity index is 1370. The third-order valence-corrected chi connectivity index (χ3v) is 5.15. The van der Waals surface area contributed by atoms with Crippen LogP contribution in [0.3, 0.4) is 0 Å². The van der Waals surface area contributed by atoms with E-state index >= 15 is 0 Å². The lowest BCUT2D eigenvalue weighted by Crippen LogP contribution is -2.05. The molecule has 1 heterocycles. The van der Waals surface area contributed by atoms with Crippen molar-refractivity contribution < 1.29 is 18.7 Å². The van der Waals surface area contributed by atoms with E-state index in [1.54, 1.807) is 6.08 Å². The van der Waals surface area contributed by atoms with Crippen molar-refractivity contribution in [3.8, 4) is 5.75 Å². The van der Waals surface area contributed by atoms with Crippen LogP contribution in [0.25, 0.3) is 16.8 Å². The highest BCUT2D eigenvalue weighted by molar-refractivity contribution is 6.12. The molecule has 4 aromatic carbocycles. The van der Waals surface area contributed by atoms with Gasteiger partial charge in [-0.15, -0.1) is 0 Å². The van der Waals surface area contributed by atoms with Crippen molar-refractivity contribution in [2.75, 3.05) is 0 Å². The first kappa shape index (κ1) is 19.7. The number of esters is 1. The third-order valence-electron chi connectivity index (χ3n) is 5.15. The molecule has 0 amide bonds. The molecule has 0 radical (unpaired) electrons. The maximum Gasteiger partial charge on any atom is 0.363 e. The molecular formula is C27H18FNO3. The first-order chi connectivity index (χ1) is 15.7. The van der Waals surface area contributed by atoms with Gasteiger partial charge in [0.25, 0.3) is 0 Å². The predicted molar refractivity (Wildman–Crippen MR) is 122 cm³/mol. The number of hydrogen-bond acceptors (Lipinski definition) is 4. The summed E-state index contributed by atoms with van der Waals surface area (Å²) in [5, 5.41) is 2.33. The van der Waals surface area contributed by atoms with E-state index in [4.69, 9.17) is 9.47 Å². The molecule has 0 spiro atoms. The molecule has 5 heteroatoms. The number of fused-ring (bicyclic) bond motifs is 1. The van der Waals surface area contributed by atoms with E-state index < -0.39 is 5.97 Å². The zero-order valence-electron chi connectivity index (χ0n) is 17.0. The molecule has 1 aliphatic rings. The molecule has 1 aliphatic heterocycles. The number of benzene rings is 4. The van der Waals surface area contributed by atoms with Crippen LogP contribution < -0.4 is 4.74 Å². The Hall–Kier alpha value is -4.25. The van der Waals surface area contributed by atoms with Crippen LogP contribution in [0.2, 0.25) is 0 Å². The lowest BCUT2D eigenvalue weighted by Gasteiger charge is -2.09. The summed E-state index contributed by atoms with van der Waals surface area (Å²) in [6.07, 6.45) is 1.64. The summed E-state index contributed by atoms with van der Waals surface area (Å²) in [4.78, 5) is 16.5. The van der Waals surface area contributed by atoms with Crippen molar-refractivity contribution in [2.24, 2.45) is 4.99 Å². The van der Waals surface area contributed by atoms with Gasteiger partial charge in [-0.25, -0.2) is 14.2 Å². The second kappa shape index (κ2) is 8.47. The summed E-state index contributed by atoms with van der Waals surface area (Å²) in [6.45, 7) is 0.427. The standard InChI is InChI=1S/C27H18FNO3/c28-22-13-11-20(12-14-22)26-29-25(27(30)32-26)16-18-5-3-9-23(15-18)31-17-21-8-4-7-19-6-1-2-10-24(19)21/h1-16H,17H2/b25-16+. The maximum atomic E-state index is 13.1. The number of carbonyl (C=O) groups is 1. The summed E-state index contributed by atoms with van der Waals surface area (Å²) < 4.78 is 24.4. The Morgan fingerprint density at radius 1 is 0.906 bits per heavy atom. The predicted octanol–water partition coefficient (Wildman–Crippen LogP) is 5.90. The van der Waals surface area contributed by atoms with E-state index in [2.05, 4.69) is 23.2 Å². The van der Waals surface area contributed by atoms with Gasteiger partial charge in [-0.1, -0.05) is 54.6 Å². The molecule has 0 N–H and O–H groups in total. The SMILES string of the molecule is O=C1OC(c2ccc(F)cc2)=N/C1=C/c1cccc(OCc2cccc3ccccc23)c1. The van der Waals surface area contributed by atoms with Crippen molar-refractivity contribution in [3.63, 3.8) is 0 Å². The average molecular weight is 423 g/mol. The second-order valence-electron chi connectivity index (χ2n) is 7.34. The molecule has 0 unspecified atom stereocenters. The second-order valence-corrected chi connectivity index (χ2v) is 7.34. The van der Waals surface area contributed by atoms with Crippen LogP contribution in [0.1, 0.15) is 16.7 Å². The van der Waals surface area contributed by atoms with Gasteiger partial charge >= 0.3 is 5.97 Å². The number of ether oxygens (including phenoxy) is 2. The van der Waals surface area contributed by atoms with Gasteiger partial charge in [-0.3, -0.25) is 0 Å².